The van der Waals surface area contributed by atoms with Crippen molar-refractivity contribution < 1.29 is 14.0 Å². The zero-order chi connectivity index (χ0) is 21.4. The number of halogens is 1. The second-order valence-electron chi connectivity index (χ2n) is 8.85. The van der Waals surface area contributed by atoms with Crippen molar-refractivity contribution in [3.8, 4) is 0 Å². The first-order valence-electron chi connectivity index (χ1n) is 11.3. The van der Waals surface area contributed by atoms with Crippen LogP contribution in [0.4, 0.5) is 9.18 Å². The molecule has 3 heterocycles. The van der Waals surface area contributed by atoms with Crippen molar-refractivity contribution in [2.75, 3.05) is 19.6 Å². The first-order chi connectivity index (χ1) is 15.1. The molecule has 6 heteroatoms. The Hall–Kier alpha value is -2.89. The summed E-state index contributed by atoms with van der Waals surface area (Å²) in [5.41, 5.74) is 3.21. The van der Waals surface area contributed by atoms with Gasteiger partial charge in [-0.1, -0.05) is 36.4 Å². The maximum atomic E-state index is 14.0. The Morgan fingerprint density at radius 3 is 2.81 bits per heavy atom. The van der Waals surface area contributed by atoms with Gasteiger partial charge in [0.15, 0.2) is 0 Å². The van der Waals surface area contributed by atoms with E-state index in [0.29, 0.717) is 26.1 Å². The predicted octanol–water partition coefficient (Wildman–Crippen LogP) is 3.69. The summed E-state index contributed by atoms with van der Waals surface area (Å²) in [5, 5.41) is 3.05. The number of hydrogen-bond donors (Lipinski definition) is 1. The third-order valence-electron chi connectivity index (χ3n) is 7.10. The highest BCUT2D eigenvalue weighted by Crippen LogP contribution is 2.43. The number of urea groups is 1. The van der Waals surface area contributed by atoms with E-state index in [9.17, 15) is 14.0 Å². The Kier molecular flexibility index (Phi) is 5.38. The molecule has 31 heavy (non-hydrogen) atoms. The maximum absolute atomic E-state index is 14.0. The van der Waals surface area contributed by atoms with E-state index < -0.39 is 0 Å². The summed E-state index contributed by atoms with van der Waals surface area (Å²) in [4.78, 5) is 30.2. The van der Waals surface area contributed by atoms with Gasteiger partial charge in [0.1, 0.15) is 5.82 Å². The Labute approximate surface area is 182 Å². The van der Waals surface area contributed by atoms with Crippen molar-refractivity contribution in [3.63, 3.8) is 0 Å². The number of likely N-dealkylation sites (tertiary alicyclic amines) is 1. The summed E-state index contributed by atoms with van der Waals surface area (Å²) < 4.78 is 14.0. The van der Waals surface area contributed by atoms with Gasteiger partial charge in [0.05, 0.1) is 12.0 Å². The van der Waals surface area contributed by atoms with Crippen LogP contribution in [0.1, 0.15) is 42.0 Å². The number of rotatable bonds is 3. The van der Waals surface area contributed by atoms with Crippen molar-refractivity contribution in [2.24, 2.45) is 5.92 Å². The van der Waals surface area contributed by atoms with E-state index in [1.165, 1.54) is 11.6 Å². The molecule has 3 amide bonds. The predicted molar refractivity (Wildman–Crippen MR) is 116 cm³/mol. The van der Waals surface area contributed by atoms with E-state index >= 15 is 0 Å². The average Bonchev–Trinajstić information content (AvgIpc) is 2.79. The third-order valence-corrected chi connectivity index (χ3v) is 7.10. The van der Waals surface area contributed by atoms with Gasteiger partial charge in [0, 0.05) is 25.7 Å². The molecule has 0 aliphatic carbocycles. The summed E-state index contributed by atoms with van der Waals surface area (Å²) in [5.74, 6) is -0.299. The lowest BCUT2D eigenvalue weighted by Gasteiger charge is -2.51. The molecule has 5 rings (SSSR count). The molecule has 5 nitrogen and oxygen atoms in total. The number of carbonyl (C=O) groups excluding carboxylic acids is 2. The molecule has 2 saturated heterocycles. The largest absolute Gasteiger partial charge is 0.338 e. The number of nitrogens with zero attached hydrogens (tertiary/aromatic N) is 2. The van der Waals surface area contributed by atoms with Crippen LogP contribution < -0.4 is 5.32 Å². The zero-order valence-electron chi connectivity index (χ0n) is 17.6. The highest BCUT2D eigenvalue weighted by molar-refractivity contribution is 5.83. The normalized spacial score (nSPS) is 24.8. The van der Waals surface area contributed by atoms with Crippen LogP contribution in [-0.2, 0) is 17.6 Å². The Morgan fingerprint density at radius 2 is 1.97 bits per heavy atom. The first kappa shape index (κ1) is 20.0. The van der Waals surface area contributed by atoms with E-state index in [1.807, 2.05) is 34.1 Å². The number of nitrogens with one attached hydrogen (secondary N) is 1. The summed E-state index contributed by atoms with van der Waals surface area (Å²) >= 11 is 0. The molecule has 0 unspecified atom stereocenters. The third kappa shape index (κ3) is 3.80. The Morgan fingerprint density at radius 1 is 1.13 bits per heavy atom. The molecule has 2 fully saturated rings. The van der Waals surface area contributed by atoms with Gasteiger partial charge in [-0.2, -0.15) is 0 Å². The highest BCUT2D eigenvalue weighted by Gasteiger charge is 2.48. The van der Waals surface area contributed by atoms with Crippen LogP contribution in [0.15, 0.2) is 48.5 Å². The second kappa shape index (κ2) is 8.33. The molecule has 3 atom stereocenters. The Bertz CT molecular complexity index is 980. The van der Waals surface area contributed by atoms with Crippen LogP contribution in [0.3, 0.4) is 0 Å². The topological polar surface area (TPSA) is 52.7 Å². The van der Waals surface area contributed by atoms with Crippen LogP contribution >= 0.6 is 0 Å². The average molecular weight is 422 g/mol. The monoisotopic (exact) mass is 421 g/mol. The minimum atomic E-state index is -0.269. The molecule has 2 aromatic rings. The molecular weight excluding hydrogens is 393 g/mol. The summed E-state index contributed by atoms with van der Waals surface area (Å²) in [6.07, 6.45) is 3.87. The lowest BCUT2D eigenvalue weighted by Crippen LogP contribution is -2.61. The van der Waals surface area contributed by atoms with Crippen LogP contribution in [0.25, 0.3) is 0 Å². The lowest BCUT2D eigenvalue weighted by molar-refractivity contribution is -0.148. The number of benzene rings is 2. The van der Waals surface area contributed by atoms with E-state index in [1.54, 1.807) is 6.07 Å². The molecule has 0 radical (unpaired) electrons. The molecule has 1 N–H and O–H groups in total. The van der Waals surface area contributed by atoms with Gasteiger partial charge in [-0.15, -0.1) is 0 Å². The molecule has 0 saturated carbocycles. The van der Waals surface area contributed by atoms with Crippen molar-refractivity contribution in [2.45, 2.75) is 44.2 Å². The SMILES string of the molecule is O=C1[C@@H]2CCCN(C(=O)NCCc3ccccc3)[C@@H]2C[C@@H]2c3cc(F)ccc3CCN12. The zero-order valence-corrected chi connectivity index (χ0v) is 17.6. The fourth-order valence-electron chi connectivity index (χ4n) is 5.58. The fraction of sp³-hybridized carbons (Fsp3) is 0.440. The number of piperidine rings is 2. The van der Waals surface area contributed by atoms with Crippen molar-refractivity contribution in [3.05, 3.63) is 71.0 Å². The number of amides is 3. The van der Waals surface area contributed by atoms with Crippen molar-refractivity contribution >= 4 is 11.9 Å². The van der Waals surface area contributed by atoms with Crippen molar-refractivity contribution in [1.82, 2.24) is 15.1 Å². The molecular formula is C25H28FN3O2. The van der Waals surface area contributed by atoms with Crippen LogP contribution in [-0.4, -0.2) is 47.4 Å². The van der Waals surface area contributed by atoms with Crippen molar-refractivity contribution in [1.29, 1.82) is 0 Å². The molecule has 162 valence electrons. The van der Waals surface area contributed by atoms with Gasteiger partial charge in [-0.3, -0.25) is 4.79 Å². The highest BCUT2D eigenvalue weighted by atomic mass is 19.1. The molecule has 0 bridgehead atoms. The van der Waals surface area contributed by atoms with E-state index in [4.69, 9.17) is 0 Å². The fourth-order valence-corrected chi connectivity index (χ4v) is 5.58. The van der Waals surface area contributed by atoms with Gasteiger partial charge in [-0.05, 0) is 60.9 Å². The molecule has 0 spiro atoms. The van der Waals surface area contributed by atoms with Crippen LogP contribution in [0.5, 0.6) is 0 Å². The molecule has 3 aliphatic rings. The summed E-state index contributed by atoms with van der Waals surface area (Å²) in [7, 11) is 0. The lowest BCUT2D eigenvalue weighted by atomic mass is 9.76. The van der Waals surface area contributed by atoms with E-state index in [0.717, 1.165) is 36.8 Å². The standard InChI is InChI=1S/C25H28FN3O2/c26-19-9-8-18-11-14-28-23(21(18)15-19)16-22-20(24(28)30)7-4-13-29(22)25(31)27-12-10-17-5-2-1-3-6-17/h1-3,5-6,8-9,15,20,22-23H,4,7,10-14,16H2,(H,27,31)/t20-,22-,23-/m1/s1. The number of hydrogen-bond acceptors (Lipinski definition) is 2. The maximum Gasteiger partial charge on any atom is 0.317 e. The van der Waals surface area contributed by atoms with E-state index in [2.05, 4.69) is 17.4 Å². The van der Waals surface area contributed by atoms with Gasteiger partial charge in [-0.25, -0.2) is 9.18 Å². The van der Waals surface area contributed by atoms with Gasteiger partial charge >= 0.3 is 6.03 Å². The minimum absolute atomic E-state index is 0.0952. The van der Waals surface area contributed by atoms with Crippen LogP contribution in [0, 0.1) is 11.7 Å². The van der Waals surface area contributed by atoms with Gasteiger partial charge in [0.25, 0.3) is 0 Å². The first-order valence-corrected chi connectivity index (χ1v) is 11.3. The number of carbonyl (C=O) groups is 2. The molecule has 0 aromatic heterocycles. The number of fused-ring (bicyclic) bond motifs is 4. The summed E-state index contributed by atoms with van der Waals surface area (Å²) in [6, 6.07) is 14.6. The molecule has 3 aliphatic heterocycles. The van der Waals surface area contributed by atoms with E-state index in [-0.39, 0.29) is 35.8 Å². The second-order valence-corrected chi connectivity index (χ2v) is 8.85. The van der Waals surface area contributed by atoms with Gasteiger partial charge < -0.3 is 15.1 Å². The molecule has 2 aromatic carbocycles. The Balaban J connectivity index is 1.32. The van der Waals surface area contributed by atoms with Crippen LogP contribution in [0.2, 0.25) is 0 Å². The minimum Gasteiger partial charge on any atom is -0.338 e. The summed E-state index contributed by atoms with van der Waals surface area (Å²) in [6.45, 7) is 1.90. The van der Waals surface area contributed by atoms with Gasteiger partial charge in [0.2, 0.25) is 5.91 Å². The smallest absolute Gasteiger partial charge is 0.317 e. The quantitative estimate of drug-likeness (QED) is 0.822.